The van der Waals surface area contributed by atoms with Crippen molar-refractivity contribution in [1.29, 1.82) is 0 Å². The molecular weight excluding hydrogens is 282 g/mol. The van der Waals surface area contributed by atoms with Crippen LogP contribution in [0.3, 0.4) is 0 Å². The number of ether oxygens (including phenoxy) is 1. The lowest BCUT2D eigenvalue weighted by Gasteiger charge is -2.22. The van der Waals surface area contributed by atoms with Crippen molar-refractivity contribution in [2.45, 2.75) is 24.3 Å². The summed E-state index contributed by atoms with van der Waals surface area (Å²) in [5, 5.41) is 9.22. The molecule has 1 aromatic carbocycles. The van der Waals surface area contributed by atoms with E-state index in [9.17, 15) is 18.3 Å². The van der Waals surface area contributed by atoms with Crippen molar-refractivity contribution in [1.82, 2.24) is 4.31 Å². The SMILES string of the molecule is COc1ccc(S(=O)(=O)N2CCC(C)C2C(=O)O)cc1. The Bertz CT molecular complexity index is 596. The molecule has 0 spiro atoms. The van der Waals surface area contributed by atoms with Crippen molar-refractivity contribution >= 4 is 16.0 Å². The molecule has 1 aliphatic heterocycles. The molecule has 0 aromatic heterocycles. The van der Waals surface area contributed by atoms with E-state index in [0.717, 1.165) is 4.31 Å². The van der Waals surface area contributed by atoms with Crippen LogP contribution in [-0.4, -0.2) is 43.5 Å². The summed E-state index contributed by atoms with van der Waals surface area (Å²) < 4.78 is 31.1. The monoisotopic (exact) mass is 299 g/mol. The molecule has 1 fully saturated rings. The van der Waals surface area contributed by atoms with Gasteiger partial charge in [-0.3, -0.25) is 4.79 Å². The van der Waals surface area contributed by atoms with Gasteiger partial charge in [-0.25, -0.2) is 8.42 Å². The maximum atomic E-state index is 12.5. The van der Waals surface area contributed by atoms with Gasteiger partial charge in [-0.15, -0.1) is 0 Å². The highest BCUT2D eigenvalue weighted by molar-refractivity contribution is 7.89. The quantitative estimate of drug-likeness (QED) is 0.902. The Balaban J connectivity index is 2.36. The van der Waals surface area contributed by atoms with Crippen LogP contribution >= 0.6 is 0 Å². The number of sulfonamides is 1. The van der Waals surface area contributed by atoms with E-state index in [1.807, 2.05) is 0 Å². The fourth-order valence-electron chi connectivity index (χ4n) is 2.43. The first kappa shape index (κ1) is 14.8. The highest BCUT2D eigenvalue weighted by Gasteiger charge is 2.43. The Morgan fingerprint density at radius 3 is 2.45 bits per heavy atom. The molecule has 1 aromatic rings. The minimum Gasteiger partial charge on any atom is -0.497 e. The largest absolute Gasteiger partial charge is 0.497 e. The first-order chi connectivity index (χ1) is 9.37. The molecule has 6 nitrogen and oxygen atoms in total. The number of rotatable bonds is 4. The lowest BCUT2D eigenvalue weighted by atomic mass is 10.0. The molecule has 2 unspecified atom stereocenters. The van der Waals surface area contributed by atoms with Gasteiger partial charge in [0, 0.05) is 6.54 Å². The Hall–Kier alpha value is -1.60. The molecule has 1 heterocycles. The van der Waals surface area contributed by atoms with Crippen LogP contribution in [0.5, 0.6) is 5.75 Å². The molecular formula is C13H17NO5S. The van der Waals surface area contributed by atoms with E-state index >= 15 is 0 Å². The summed E-state index contributed by atoms with van der Waals surface area (Å²) in [7, 11) is -2.30. The lowest BCUT2D eigenvalue weighted by Crippen LogP contribution is -2.42. The van der Waals surface area contributed by atoms with Crippen molar-refractivity contribution in [3.05, 3.63) is 24.3 Å². The minimum absolute atomic E-state index is 0.0821. The zero-order chi connectivity index (χ0) is 14.9. The molecule has 1 saturated heterocycles. The molecule has 1 N–H and O–H groups in total. The second-order valence-electron chi connectivity index (χ2n) is 4.84. The zero-order valence-electron chi connectivity index (χ0n) is 11.3. The number of nitrogens with zero attached hydrogens (tertiary/aromatic N) is 1. The maximum Gasteiger partial charge on any atom is 0.322 e. The zero-order valence-corrected chi connectivity index (χ0v) is 12.1. The van der Waals surface area contributed by atoms with Crippen LogP contribution in [0.25, 0.3) is 0 Å². The number of carbonyl (C=O) groups is 1. The number of hydrogen-bond donors (Lipinski definition) is 1. The molecule has 110 valence electrons. The predicted octanol–water partition coefficient (Wildman–Crippen LogP) is 1.18. The Labute approximate surface area is 118 Å². The first-order valence-corrected chi connectivity index (χ1v) is 7.70. The second kappa shape index (κ2) is 5.41. The third kappa shape index (κ3) is 2.51. The van der Waals surface area contributed by atoms with Crippen molar-refractivity contribution < 1.29 is 23.1 Å². The summed E-state index contributed by atoms with van der Waals surface area (Å²) in [6.45, 7) is 1.98. The summed E-state index contributed by atoms with van der Waals surface area (Å²) >= 11 is 0. The highest BCUT2D eigenvalue weighted by Crippen LogP contribution is 2.30. The molecule has 1 aliphatic rings. The van der Waals surface area contributed by atoms with Gasteiger partial charge in [0.2, 0.25) is 10.0 Å². The van der Waals surface area contributed by atoms with Gasteiger partial charge in [0.05, 0.1) is 12.0 Å². The lowest BCUT2D eigenvalue weighted by molar-refractivity contribution is -0.141. The number of carboxylic acids is 1. The summed E-state index contributed by atoms with van der Waals surface area (Å²) in [5.74, 6) is -0.749. The van der Waals surface area contributed by atoms with Gasteiger partial charge in [0.25, 0.3) is 0 Å². The van der Waals surface area contributed by atoms with Gasteiger partial charge in [-0.1, -0.05) is 6.92 Å². The van der Waals surface area contributed by atoms with Crippen LogP contribution in [0.2, 0.25) is 0 Å². The average molecular weight is 299 g/mol. The van der Waals surface area contributed by atoms with Gasteiger partial charge in [0.15, 0.2) is 0 Å². The van der Waals surface area contributed by atoms with Gasteiger partial charge in [-0.05, 0) is 36.6 Å². The van der Waals surface area contributed by atoms with E-state index in [1.54, 1.807) is 19.1 Å². The van der Waals surface area contributed by atoms with E-state index in [4.69, 9.17) is 4.74 Å². The normalized spacial score (nSPS) is 23.7. The minimum atomic E-state index is -3.79. The van der Waals surface area contributed by atoms with Crippen LogP contribution in [0.4, 0.5) is 0 Å². The third-order valence-electron chi connectivity index (χ3n) is 3.57. The molecule has 2 atom stereocenters. The number of hydrogen-bond acceptors (Lipinski definition) is 4. The van der Waals surface area contributed by atoms with E-state index < -0.39 is 22.0 Å². The van der Waals surface area contributed by atoms with Crippen LogP contribution < -0.4 is 4.74 Å². The van der Waals surface area contributed by atoms with Crippen LogP contribution in [-0.2, 0) is 14.8 Å². The predicted molar refractivity (Wildman–Crippen MR) is 72.1 cm³/mol. The Morgan fingerprint density at radius 2 is 1.95 bits per heavy atom. The summed E-state index contributed by atoms with van der Waals surface area (Å²) in [5.41, 5.74) is 0. The number of carboxylic acid groups (broad SMARTS) is 1. The summed E-state index contributed by atoms with van der Waals surface area (Å²) in [6, 6.07) is 4.94. The Kier molecular flexibility index (Phi) is 4.01. The summed E-state index contributed by atoms with van der Waals surface area (Å²) in [4.78, 5) is 11.4. The van der Waals surface area contributed by atoms with Gasteiger partial charge in [-0.2, -0.15) is 4.31 Å². The smallest absolute Gasteiger partial charge is 0.322 e. The average Bonchev–Trinajstić information content (AvgIpc) is 2.81. The van der Waals surface area contributed by atoms with Crippen LogP contribution in [0.1, 0.15) is 13.3 Å². The van der Waals surface area contributed by atoms with E-state index in [0.29, 0.717) is 12.2 Å². The molecule has 2 rings (SSSR count). The topological polar surface area (TPSA) is 83.9 Å². The highest BCUT2D eigenvalue weighted by atomic mass is 32.2. The van der Waals surface area contributed by atoms with E-state index in [-0.39, 0.29) is 17.4 Å². The molecule has 0 amide bonds. The van der Waals surface area contributed by atoms with Crippen molar-refractivity contribution in [3.63, 3.8) is 0 Å². The van der Waals surface area contributed by atoms with Gasteiger partial charge >= 0.3 is 5.97 Å². The molecule has 7 heteroatoms. The van der Waals surface area contributed by atoms with Crippen LogP contribution in [0, 0.1) is 5.92 Å². The standard InChI is InChI=1S/C13H17NO5S/c1-9-7-8-14(12(9)13(15)16)20(17,18)11-5-3-10(19-2)4-6-11/h3-6,9,12H,7-8H2,1-2H3,(H,15,16). The second-order valence-corrected chi connectivity index (χ2v) is 6.73. The number of aliphatic carboxylic acids is 1. The fourth-order valence-corrected chi connectivity index (χ4v) is 4.12. The van der Waals surface area contributed by atoms with Crippen molar-refractivity contribution in [2.75, 3.05) is 13.7 Å². The molecule has 0 radical (unpaired) electrons. The van der Waals surface area contributed by atoms with Crippen molar-refractivity contribution in [2.24, 2.45) is 5.92 Å². The molecule has 0 aliphatic carbocycles. The van der Waals surface area contributed by atoms with E-state index in [1.165, 1.54) is 19.2 Å². The first-order valence-electron chi connectivity index (χ1n) is 6.26. The third-order valence-corrected chi connectivity index (χ3v) is 5.47. The number of methoxy groups -OCH3 is 1. The molecule has 0 bridgehead atoms. The van der Waals surface area contributed by atoms with Gasteiger partial charge < -0.3 is 9.84 Å². The summed E-state index contributed by atoms with van der Waals surface area (Å²) in [6.07, 6.45) is 0.548. The van der Waals surface area contributed by atoms with Crippen LogP contribution in [0.15, 0.2) is 29.2 Å². The van der Waals surface area contributed by atoms with Gasteiger partial charge in [0.1, 0.15) is 11.8 Å². The maximum absolute atomic E-state index is 12.5. The van der Waals surface area contributed by atoms with Crippen molar-refractivity contribution in [3.8, 4) is 5.75 Å². The fraction of sp³-hybridized carbons (Fsp3) is 0.462. The Morgan fingerprint density at radius 1 is 1.35 bits per heavy atom. The number of benzene rings is 1. The molecule has 20 heavy (non-hydrogen) atoms. The molecule has 0 saturated carbocycles. The van der Waals surface area contributed by atoms with E-state index in [2.05, 4.69) is 0 Å².